The van der Waals surface area contributed by atoms with Crippen LogP contribution in [0.5, 0.6) is 0 Å². The summed E-state index contributed by atoms with van der Waals surface area (Å²) in [6.07, 6.45) is -6.11. The van der Waals surface area contributed by atoms with Crippen LogP contribution in [0.25, 0.3) is 6.08 Å². The molecule has 1 aliphatic heterocycles. The van der Waals surface area contributed by atoms with Crippen LogP contribution in [0.15, 0.2) is 163 Å². The maximum absolute atomic E-state index is 15.9. The van der Waals surface area contributed by atoms with E-state index in [0.717, 1.165) is 23.6 Å². The molecule has 1 saturated heterocycles. The first-order chi connectivity index (χ1) is 46.5. The van der Waals surface area contributed by atoms with E-state index in [2.05, 4.69) is 10.2 Å². The van der Waals surface area contributed by atoms with Gasteiger partial charge in [-0.1, -0.05) is 169 Å². The molecule has 3 aliphatic carbocycles. The van der Waals surface area contributed by atoms with Gasteiger partial charge in [0, 0.05) is 93.6 Å². The number of hydroxylamine groups is 1. The van der Waals surface area contributed by atoms with E-state index in [9.17, 15) is 39.0 Å². The number of nitrogens with zero attached hydrogens (tertiary/aromatic N) is 1. The molecule has 4 aliphatic rings. The van der Waals surface area contributed by atoms with E-state index in [-0.39, 0.29) is 61.8 Å². The number of carbonyl (C=O) groups excluding carboxylic acids is 8. The molecule has 0 unspecified atom stereocenters. The smallest absolute Gasteiger partial charge is 0.350 e. The highest BCUT2D eigenvalue weighted by Crippen LogP contribution is 2.64. The predicted molar refractivity (Wildman–Crippen MR) is 361 cm³/mol. The molecule has 516 valence electrons. The normalized spacial score (nSPS) is 24.6. The lowest BCUT2D eigenvalue weighted by atomic mass is 9.44. The standard InChI is InChI=1S/C74H85N3O18S2/c1-47-56(42-74(87)68(90-45-53-23-13-8-14-24-53)66-72(6,57(80)41-58-73(66,46-91-58)95-49(3)79)67(84)64(92-48(2)78)62(47)71(74,4)5)93-70(86)65(63(54-25-15-9-16-26-54)75-69(85)55-27-17-10-18-28-55)94-61(83)30-20-40-97-96-39-19-29-60(82)89-38-37-77(43-51-21-11-7-12-22-51)44-52-33-31-50(32-34-52)35-36-59(81)76-88/h7-18,21-28,31-36,56-58,63-66,68,80,87-88H,19-20,29-30,37-46H2,1-6H3,(H,75,85)(H,76,81)/b36-35+/t56-,57-,58+,63-,64+,65+,66-,68-,72+,73-,74+/m0/s1. The summed E-state index contributed by atoms with van der Waals surface area (Å²) in [6, 6.07) is 41.9. The quantitative estimate of drug-likeness (QED) is 0.00418. The lowest BCUT2D eigenvalue weighted by Crippen LogP contribution is -2.81. The predicted octanol–water partition coefficient (Wildman–Crippen LogP) is 9.35. The summed E-state index contributed by atoms with van der Waals surface area (Å²) in [6.45, 7) is 10.2. The minimum atomic E-state index is -2.25. The molecule has 23 heteroatoms. The van der Waals surface area contributed by atoms with Gasteiger partial charge in [0.2, 0.25) is 6.10 Å². The van der Waals surface area contributed by atoms with Gasteiger partial charge in [-0.15, -0.1) is 0 Å². The number of esters is 5. The second kappa shape index (κ2) is 33.0. The number of amides is 2. The number of hydrogen-bond donors (Lipinski definition) is 5. The minimum Gasteiger partial charge on any atom is -0.464 e. The van der Waals surface area contributed by atoms with Crippen LogP contribution >= 0.6 is 21.6 Å². The van der Waals surface area contributed by atoms with Crippen LogP contribution in [0, 0.1) is 16.7 Å². The number of ether oxygens (including phenoxy) is 7. The topological polar surface area (TPSA) is 289 Å². The van der Waals surface area contributed by atoms with Crippen molar-refractivity contribution in [2.75, 3.05) is 31.3 Å². The van der Waals surface area contributed by atoms with Crippen molar-refractivity contribution in [2.45, 2.75) is 154 Å². The van der Waals surface area contributed by atoms with Crippen molar-refractivity contribution in [3.63, 3.8) is 0 Å². The number of nitrogens with one attached hydrogen (secondary N) is 2. The monoisotopic (exact) mass is 1370 g/mol. The number of fused-ring (bicyclic) bond motifs is 5. The van der Waals surface area contributed by atoms with Gasteiger partial charge in [0.25, 0.3) is 11.8 Å². The Morgan fingerprint density at radius 2 is 1.34 bits per heavy atom. The number of ketones is 1. The molecule has 97 heavy (non-hydrogen) atoms. The van der Waals surface area contributed by atoms with Crippen LogP contribution in [0.4, 0.5) is 0 Å². The number of aliphatic hydroxyl groups excluding tert-OH is 1. The Morgan fingerprint density at radius 1 is 0.753 bits per heavy atom. The van der Waals surface area contributed by atoms with Crippen molar-refractivity contribution in [1.82, 2.24) is 15.7 Å². The molecule has 5 aromatic carbocycles. The van der Waals surface area contributed by atoms with E-state index in [1.807, 2.05) is 60.7 Å². The van der Waals surface area contributed by atoms with E-state index in [4.69, 9.17) is 38.4 Å². The fourth-order valence-corrected chi connectivity index (χ4v) is 16.0. The molecule has 2 bridgehead atoms. The second-order valence-electron chi connectivity index (χ2n) is 25.7. The molecule has 2 saturated carbocycles. The summed E-state index contributed by atoms with van der Waals surface area (Å²) in [5, 5.41) is 38.2. The maximum Gasteiger partial charge on any atom is 0.350 e. The van der Waals surface area contributed by atoms with Crippen molar-refractivity contribution >= 4 is 75.1 Å². The molecule has 11 atom stereocenters. The Hall–Kier alpha value is -8.00. The molecule has 3 fully saturated rings. The van der Waals surface area contributed by atoms with Gasteiger partial charge in [-0.05, 0) is 83.9 Å². The van der Waals surface area contributed by atoms with E-state index in [0.29, 0.717) is 55.1 Å². The molecule has 0 spiro atoms. The van der Waals surface area contributed by atoms with Gasteiger partial charge in [0.1, 0.15) is 30.5 Å². The van der Waals surface area contributed by atoms with Crippen LogP contribution < -0.4 is 10.8 Å². The zero-order valence-corrected chi connectivity index (χ0v) is 56.9. The van der Waals surface area contributed by atoms with Crippen LogP contribution in [0.1, 0.15) is 124 Å². The van der Waals surface area contributed by atoms with Crippen LogP contribution in [-0.4, -0.2) is 147 Å². The van der Waals surface area contributed by atoms with Gasteiger partial charge in [-0.3, -0.25) is 43.7 Å². The number of benzene rings is 5. The average Bonchev–Trinajstić information content (AvgIpc) is 0.670. The van der Waals surface area contributed by atoms with Gasteiger partial charge in [0.15, 0.2) is 17.5 Å². The lowest BCUT2D eigenvalue weighted by molar-refractivity contribution is -0.351. The number of Topliss-reactive ketones (excluding diaryl/α,β-unsaturated/α-hetero) is 1. The van der Waals surface area contributed by atoms with Gasteiger partial charge in [0.05, 0.1) is 30.8 Å². The van der Waals surface area contributed by atoms with Crippen molar-refractivity contribution in [3.8, 4) is 0 Å². The number of rotatable bonds is 30. The minimum absolute atomic E-state index is 0.0625. The summed E-state index contributed by atoms with van der Waals surface area (Å²) in [4.78, 5) is 113. The van der Waals surface area contributed by atoms with Crippen molar-refractivity contribution in [1.29, 1.82) is 0 Å². The zero-order chi connectivity index (χ0) is 69.5. The zero-order valence-electron chi connectivity index (χ0n) is 55.3. The number of carbonyl (C=O) groups is 8. The summed E-state index contributed by atoms with van der Waals surface area (Å²) < 4.78 is 43.7. The number of hydrogen-bond acceptors (Lipinski definition) is 21. The molecule has 0 aromatic heterocycles. The number of aliphatic hydroxyl groups is 2. The lowest BCUT2D eigenvalue weighted by Gasteiger charge is -2.67. The fourth-order valence-electron chi connectivity index (χ4n) is 13.8. The molecule has 9 rings (SSSR count). The Morgan fingerprint density at radius 3 is 1.93 bits per heavy atom. The summed E-state index contributed by atoms with van der Waals surface area (Å²) in [5.41, 5.74) is -1.47. The molecule has 5 N–H and O–H groups in total. The molecular formula is C74H85N3O18S2. The second-order valence-corrected chi connectivity index (χ2v) is 28.4. The van der Waals surface area contributed by atoms with Gasteiger partial charge in [-0.2, -0.15) is 0 Å². The van der Waals surface area contributed by atoms with Gasteiger partial charge < -0.3 is 48.7 Å². The first-order valence-corrected chi connectivity index (χ1v) is 35.0. The van der Waals surface area contributed by atoms with E-state index in [1.54, 1.807) is 117 Å². The highest BCUT2D eigenvalue weighted by Gasteiger charge is 2.78. The van der Waals surface area contributed by atoms with Crippen molar-refractivity contribution in [3.05, 3.63) is 196 Å². The van der Waals surface area contributed by atoms with Gasteiger partial charge >= 0.3 is 29.8 Å². The van der Waals surface area contributed by atoms with Crippen LogP contribution in [-0.2, 0) is 86.4 Å². The first kappa shape index (κ1) is 73.3. The summed E-state index contributed by atoms with van der Waals surface area (Å²) in [5.74, 6) is -6.21. The van der Waals surface area contributed by atoms with Gasteiger partial charge in [-0.25, -0.2) is 10.3 Å². The molecule has 1 heterocycles. The molecule has 0 radical (unpaired) electrons. The highest BCUT2D eigenvalue weighted by atomic mass is 33.1. The van der Waals surface area contributed by atoms with E-state index < -0.39 is 119 Å². The Bertz CT molecular complexity index is 3640. The van der Waals surface area contributed by atoms with Crippen LogP contribution in [0.3, 0.4) is 0 Å². The Labute approximate surface area is 572 Å². The SMILES string of the molecule is CC(=O)O[C@H]1C(=O)[C@@]2(C)[C@H]([C@H](OCc3ccccc3)[C@]3(O)C[C@H](OC(=O)[C@H](OC(=O)CCCSSCCCC(=O)OCCN(Cc4ccccc4)Cc4ccc(/C=C/C(=O)NO)cc4)[C@@H](NC(=O)c4ccccc4)c4ccccc4)C(C)=C1C3(C)C)[C@]1(OC(C)=O)CO[C@@H]1C[C@@H]2O. The highest BCUT2D eigenvalue weighted by molar-refractivity contribution is 8.76. The third kappa shape index (κ3) is 17.3. The molecule has 5 aromatic rings. The third-order valence-electron chi connectivity index (χ3n) is 18.9. The molecule has 21 nitrogen and oxygen atoms in total. The largest absolute Gasteiger partial charge is 0.464 e. The molecule has 2 amide bonds. The first-order valence-electron chi connectivity index (χ1n) is 32.5. The van der Waals surface area contributed by atoms with Crippen LogP contribution in [0.2, 0.25) is 0 Å². The average molecular weight is 1370 g/mol. The van der Waals surface area contributed by atoms with E-state index >= 15 is 9.59 Å². The van der Waals surface area contributed by atoms with E-state index in [1.165, 1.54) is 41.5 Å². The Balaban J connectivity index is 0.904. The molecular weight excluding hydrogens is 1280 g/mol. The fraction of sp³-hybridized carbons (Fsp3) is 0.432. The van der Waals surface area contributed by atoms with Crippen molar-refractivity contribution in [2.24, 2.45) is 16.7 Å². The summed E-state index contributed by atoms with van der Waals surface area (Å²) in [7, 11) is 3.02. The third-order valence-corrected chi connectivity index (χ3v) is 21.5. The Kier molecular flexibility index (Phi) is 24.9. The summed E-state index contributed by atoms with van der Waals surface area (Å²) >= 11 is 0. The maximum atomic E-state index is 15.9. The van der Waals surface area contributed by atoms with Crippen molar-refractivity contribution < 1.29 is 86.9 Å².